The molecule has 0 aliphatic carbocycles. The molecule has 0 spiro atoms. The van der Waals surface area contributed by atoms with Gasteiger partial charge in [0.15, 0.2) is 0 Å². The van der Waals surface area contributed by atoms with Crippen LogP contribution in [0.5, 0.6) is 0 Å². The summed E-state index contributed by atoms with van der Waals surface area (Å²) < 4.78 is 9.99. The van der Waals surface area contributed by atoms with E-state index < -0.39 is 54.0 Å². The van der Waals surface area contributed by atoms with Gasteiger partial charge in [-0.15, -0.1) is 6.42 Å². The minimum absolute atomic E-state index is 0.118. The van der Waals surface area contributed by atoms with Gasteiger partial charge in [0, 0.05) is 18.5 Å². The number of nitrogens with two attached hydrogens (primary N) is 1. The second-order valence-corrected chi connectivity index (χ2v) is 10.6. The van der Waals surface area contributed by atoms with Crippen LogP contribution in [0.4, 0.5) is 4.79 Å². The topological polar surface area (TPSA) is 157 Å². The molecule has 2 atom stereocenters. The molecule has 0 aliphatic heterocycles. The highest BCUT2D eigenvalue weighted by molar-refractivity contribution is 5.93. The quantitative estimate of drug-likeness (QED) is 0.156. The van der Waals surface area contributed by atoms with Crippen LogP contribution in [0.1, 0.15) is 89.8 Å². The van der Waals surface area contributed by atoms with Crippen molar-refractivity contribution in [2.75, 3.05) is 20.2 Å². The molecule has 0 saturated carbocycles. The molecule has 4 N–H and O–H groups in total. The van der Waals surface area contributed by atoms with Crippen LogP contribution in [-0.2, 0) is 28.7 Å². The van der Waals surface area contributed by atoms with Crippen LogP contribution < -0.4 is 16.4 Å². The van der Waals surface area contributed by atoms with Crippen molar-refractivity contribution in [2.45, 2.75) is 90.3 Å². The molecule has 1 aromatic rings. The van der Waals surface area contributed by atoms with E-state index in [0.29, 0.717) is 17.5 Å². The molecule has 4 amide bonds. The Kier molecular flexibility index (Phi) is 15.0. The number of primary amides is 1. The van der Waals surface area contributed by atoms with E-state index in [-0.39, 0.29) is 19.4 Å². The zero-order valence-electron chi connectivity index (χ0n) is 24.8. The number of nitrogens with one attached hydrogen (secondary N) is 2. The lowest BCUT2D eigenvalue weighted by atomic mass is 9.96. The zero-order valence-corrected chi connectivity index (χ0v) is 24.8. The van der Waals surface area contributed by atoms with Crippen molar-refractivity contribution in [2.24, 2.45) is 5.73 Å². The van der Waals surface area contributed by atoms with E-state index in [1.54, 1.807) is 45.0 Å². The number of carbonyl (C=O) groups is 5. The Labute approximate surface area is 242 Å². The zero-order chi connectivity index (χ0) is 31.0. The Bertz CT molecular complexity index is 1090. The van der Waals surface area contributed by atoms with Gasteiger partial charge in [0.05, 0.1) is 7.11 Å². The Balaban J connectivity index is 3.59. The minimum atomic E-state index is -1.25. The second kappa shape index (κ2) is 17.6. The minimum Gasteiger partial charge on any atom is -0.468 e. The van der Waals surface area contributed by atoms with Gasteiger partial charge in [0.1, 0.15) is 24.2 Å². The van der Waals surface area contributed by atoms with Crippen LogP contribution in [0.2, 0.25) is 0 Å². The third-order valence-corrected chi connectivity index (χ3v) is 6.06. The fourth-order valence-electron chi connectivity index (χ4n) is 4.09. The normalized spacial score (nSPS) is 12.3. The molecule has 1 aromatic carbocycles. The van der Waals surface area contributed by atoms with Crippen molar-refractivity contribution in [1.82, 2.24) is 15.5 Å². The lowest BCUT2D eigenvalue weighted by molar-refractivity contribution is -0.145. The molecule has 226 valence electrons. The summed E-state index contributed by atoms with van der Waals surface area (Å²) in [5, 5.41) is 5.08. The number of esters is 1. The number of amides is 4. The molecule has 0 aromatic heterocycles. The highest BCUT2D eigenvalue weighted by atomic mass is 16.6. The van der Waals surface area contributed by atoms with Crippen molar-refractivity contribution in [1.29, 1.82) is 0 Å². The van der Waals surface area contributed by atoms with Crippen LogP contribution >= 0.6 is 0 Å². The first-order valence-corrected chi connectivity index (χ1v) is 13.8. The maximum atomic E-state index is 14.2. The Morgan fingerprint density at radius 1 is 1.07 bits per heavy atom. The first-order valence-electron chi connectivity index (χ1n) is 13.8. The maximum absolute atomic E-state index is 14.2. The average molecular weight is 573 g/mol. The molecule has 1 rings (SSSR count). The molecule has 41 heavy (non-hydrogen) atoms. The molecule has 11 heteroatoms. The molecule has 0 bridgehead atoms. The smallest absolute Gasteiger partial charge is 0.408 e. The average Bonchev–Trinajstić information content (AvgIpc) is 2.91. The molecule has 0 heterocycles. The lowest BCUT2D eigenvalue weighted by Gasteiger charge is -2.35. The third-order valence-electron chi connectivity index (χ3n) is 6.06. The predicted octanol–water partition coefficient (Wildman–Crippen LogP) is 2.96. The van der Waals surface area contributed by atoms with Gasteiger partial charge < -0.3 is 30.7 Å². The van der Waals surface area contributed by atoms with Crippen LogP contribution in [0, 0.1) is 12.3 Å². The number of unbranched alkanes of at least 4 members (excludes halogenated alkanes) is 4. The number of hydrogen-bond donors (Lipinski definition) is 3. The van der Waals surface area contributed by atoms with E-state index in [9.17, 15) is 24.0 Å². The van der Waals surface area contributed by atoms with Gasteiger partial charge >= 0.3 is 12.1 Å². The van der Waals surface area contributed by atoms with Crippen molar-refractivity contribution in [3.05, 3.63) is 35.4 Å². The summed E-state index contributed by atoms with van der Waals surface area (Å²) in [6, 6.07) is 4.19. The van der Waals surface area contributed by atoms with E-state index in [0.717, 1.165) is 25.7 Å². The molecule has 0 fully saturated rings. The van der Waals surface area contributed by atoms with Crippen LogP contribution in [0.3, 0.4) is 0 Å². The molecule has 11 nitrogen and oxygen atoms in total. The van der Waals surface area contributed by atoms with Gasteiger partial charge in [-0.2, -0.15) is 0 Å². The first-order chi connectivity index (χ1) is 19.3. The standard InChI is InChI=1S/C30H44N4O7/c1-7-9-10-11-14-19-34(28(38)23(17-18-24(31)35)33-29(39)41-30(3,4)5)26(27(37)32-20-25(36)40-6)22-16-13-12-15-21(22)8-2/h2,12-13,15-16,23,26H,7,9-11,14,17-20H2,1,3-6H3,(H2,31,35)(H,32,37)(H,33,39). The van der Waals surface area contributed by atoms with E-state index in [2.05, 4.69) is 28.2 Å². The van der Waals surface area contributed by atoms with Gasteiger partial charge in [-0.05, 0) is 45.2 Å². The Morgan fingerprint density at radius 3 is 2.32 bits per heavy atom. The van der Waals surface area contributed by atoms with Crippen molar-refractivity contribution in [3.63, 3.8) is 0 Å². The molecule has 0 radical (unpaired) electrons. The number of methoxy groups -OCH3 is 1. The number of nitrogens with zero attached hydrogens (tertiary/aromatic N) is 1. The molecule has 0 aliphatic rings. The summed E-state index contributed by atoms with van der Waals surface area (Å²) >= 11 is 0. The van der Waals surface area contributed by atoms with Gasteiger partial charge in [-0.3, -0.25) is 19.2 Å². The lowest BCUT2D eigenvalue weighted by Crippen LogP contribution is -2.53. The van der Waals surface area contributed by atoms with Gasteiger partial charge in [0.2, 0.25) is 17.7 Å². The number of ether oxygens (including phenoxy) is 2. The maximum Gasteiger partial charge on any atom is 0.408 e. The molecule has 0 saturated heterocycles. The SMILES string of the molecule is C#Cc1ccccc1C(C(=O)NCC(=O)OC)N(CCCCCCC)C(=O)C(CCC(N)=O)NC(=O)OC(C)(C)C. The number of carbonyl (C=O) groups excluding carboxylic acids is 5. The first kappa shape index (κ1) is 35.0. The van der Waals surface area contributed by atoms with Gasteiger partial charge in [-0.1, -0.05) is 56.7 Å². The summed E-state index contributed by atoms with van der Waals surface area (Å²) in [5.41, 5.74) is 5.26. The van der Waals surface area contributed by atoms with Crippen molar-refractivity contribution >= 4 is 29.8 Å². The van der Waals surface area contributed by atoms with Crippen molar-refractivity contribution in [3.8, 4) is 12.3 Å². The van der Waals surface area contributed by atoms with Gasteiger partial charge in [0.25, 0.3) is 0 Å². The second-order valence-electron chi connectivity index (χ2n) is 10.6. The number of alkyl carbamates (subject to hydrolysis) is 1. The molecular weight excluding hydrogens is 528 g/mol. The van der Waals surface area contributed by atoms with E-state index in [4.69, 9.17) is 16.9 Å². The Hall–Kier alpha value is -4.07. The number of hydrogen-bond acceptors (Lipinski definition) is 7. The summed E-state index contributed by atoms with van der Waals surface area (Å²) in [5.74, 6) is -0.0742. The third kappa shape index (κ3) is 12.8. The summed E-state index contributed by atoms with van der Waals surface area (Å²) in [6.07, 6.45) is 8.87. The van der Waals surface area contributed by atoms with Gasteiger partial charge in [-0.25, -0.2) is 4.79 Å². The summed E-state index contributed by atoms with van der Waals surface area (Å²) in [4.78, 5) is 65.3. The fourth-order valence-corrected chi connectivity index (χ4v) is 4.09. The fraction of sp³-hybridized carbons (Fsp3) is 0.567. The molecule has 2 unspecified atom stereocenters. The van der Waals surface area contributed by atoms with E-state index in [1.165, 1.54) is 12.0 Å². The summed E-state index contributed by atoms with van der Waals surface area (Å²) in [7, 11) is 1.19. The highest BCUT2D eigenvalue weighted by Crippen LogP contribution is 2.27. The monoisotopic (exact) mass is 572 g/mol. The van der Waals surface area contributed by atoms with Crippen LogP contribution in [0.25, 0.3) is 0 Å². The number of terminal acetylenes is 1. The number of benzene rings is 1. The summed E-state index contributed by atoms with van der Waals surface area (Å²) in [6.45, 7) is 6.82. The Morgan fingerprint density at radius 2 is 1.73 bits per heavy atom. The number of rotatable bonds is 16. The van der Waals surface area contributed by atoms with E-state index >= 15 is 0 Å². The molecular formula is C30H44N4O7. The largest absolute Gasteiger partial charge is 0.468 e. The predicted molar refractivity (Wildman–Crippen MR) is 154 cm³/mol. The van der Waals surface area contributed by atoms with Crippen LogP contribution in [0.15, 0.2) is 24.3 Å². The van der Waals surface area contributed by atoms with E-state index in [1.807, 2.05) is 0 Å². The van der Waals surface area contributed by atoms with Crippen molar-refractivity contribution < 1.29 is 33.4 Å². The van der Waals surface area contributed by atoms with Crippen LogP contribution in [-0.4, -0.2) is 66.5 Å². The highest BCUT2D eigenvalue weighted by Gasteiger charge is 2.37.